The van der Waals surface area contributed by atoms with E-state index in [1.807, 2.05) is 13.0 Å². The molecule has 0 spiro atoms. The Labute approximate surface area is 67.3 Å². The molecular weight excluding hydrogens is 143 g/mol. The Morgan fingerprint density at radius 3 is 2.73 bits per heavy atom. The molecule has 0 aliphatic carbocycles. The van der Waals surface area contributed by atoms with Crippen LogP contribution in [-0.2, 0) is 4.79 Å². The van der Waals surface area contributed by atoms with Gasteiger partial charge in [-0.3, -0.25) is 4.79 Å². The highest BCUT2D eigenvalue weighted by atomic mass is 19.1. The Morgan fingerprint density at radius 2 is 2.36 bits per heavy atom. The zero-order valence-electron chi connectivity index (χ0n) is 6.98. The SMILES string of the molecule is C=CCC(CC)CCC(=O)F. The van der Waals surface area contributed by atoms with E-state index in [0.29, 0.717) is 12.3 Å². The van der Waals surface area contributed by atoms with Crippen molar-refractivity contribution < 1.29 is 9.18 Å². The largest absolute Gasteiger partial charge is 0.301 e. The fraction of sp³-hybridized carbons (Fsp3) is 0.667. The molecule has 0 aliphatic heterocycles. The summed E-state index contributed by atoms with van der Waals surface area (Å²) in [5.41, 5.74) is 0. The maximum Gasteiger partial charge on any atom is 0.301 e. The second-order valence-electron chi connectivity index (χ2n) is 2.69. The van der Waals surface area contributed by atoms with Gasteiger partial charge in [0.2, 0.25) is 0 Å². The Bertz CT molecular complexity index is 132. The average molecular weight is 158 g/mol. The predicted octanol–water partition coefficient (Wildman–Crippen LogP) is 2.87. The number of hydrogen-bond acceptors (Lipinski definition) is 1. The molecule has 0 heterocycles. The van der Waals surface area contributed by atoms with Crippen LogP contribution in [0.4, 0.5) is 4.39 Å². The van der Waals surface area contributed by atoms with Crippen LogP contribution in [0, 0.1) is 5.92 Å². The van der Waals surface area contributed by atoms with Crippen molar-refractivity contribution >= 4 is 6.04 Å². The van der Waals surface area contributed by atoms with Crippen molar-refractivity contribution in [3.8, 4) is 0 Å². The molecule has 0 aromatic carbocycles. The highest BCUT2D eigenvalue weighted by Crippen LogP contribution is 2.15. The standard InChI is InChI=1S/C9H15FO/c1-3-5-8(4-2)6-7-9(10)11/h3,8H,1,4-7H2,2H3. The second kappa shape index (κ2) is 6.08. The van der Waals surface area contributed by atoms with E-state index < -0.39 is 6.04 Å². The van der Waals surface area contributed by atoms with Gasteiger partial charge in [0.15, 0.2) is 0 Å². The fourth-order valence-corrected chi connectivity index (χ4v) is 1.04. The number of allylic oxidation sites excluding steroid dienone is 1. The van der Waals surface area contributed by atoms with Gasteiger partial charge in [-0.05, 0) is 18.8 Å². The lowest BCUT2D eigenvalue weighted by atomic mass is 9.97. The molecule has 0 fully saturated rings. The quantitative estimate of drug-likeness (QED) is 0.429. The van der Waals surface area contributed by atoms with Crippen molar-refractivity contribution in [2.75, 3.05) is 0 Å². The van der Waals surface area contributed by atoms with Crippen molar-refractivity contribution in [1.82, 2.24) is 0 Å². The van der Waals surface area contributed by atoms with E-state index in [0.717, 1.165) is 12.8 Å². The van der Waals surface area contributed by atoms with Gasteiger partial charge in [-0.2, -0.15) is 4.39 Å². The van der Waals surface area contributed by atoms with Crippen molar-refractivity contribution in [2.45, 2.75) is 32.6 Å². The first-order valence-corrected chi connectivity index (χ1v) is 4.00. The van der Waals surface area contributed by atoms with Gasteiger partial charge in [0.05, 0.1) is 0 Å². The van der Waals surface area contributed by atoms with Crippen LogP contribution in [-0.4, -0.2) is 6.04 Å². The predicted molar refractivity (Wildman–Crippen MR) is 43.9 cm³/mol. The monoisotopic (exact) mass is 158 g/mol. The third kappa shape index (κ3) is 5.77. The van der Waals surface area contributed by atoms with Crippen molar-refractivity contribution in [3.05, 3.63) is 12.7 Å². The molecule has 1 nitrogen and oxygen atoms in total. The van der Waals surface area contributed by atoms with E-state index in [4.69, 9.17) is 0 Å². The van der Waals surface area contributed by atoms with Crippen LogP contribution in [0.25, 0.3) is 0 Å². The minimum Gasteiger partial charge on any atom is -0.261 e. The van der Waals surface area contributed by atoms with Crippen molar-refractivity contribution in [1.29, 1.82) is 0 Å². The van der Waals surface area contributed by atoms with Crippen LogP contribution in [0.5, 0.6) is 0 Å². The Hall–Kier alpha value is -0.660. The van der Waals surface area contributed by atoms with Gasteiger partial charge in [-0.15, -0.1) is 6.58 Å². The summed E-state index contributed by atoms with van der Waals surface area (Å²) in [6.07, 6.45) is 4.39. The number of rotatable bonds is 6. The van der Waals surface area contributed by atoms with Crippen LogP contribution in [0.1, 0.15) is 32.6 Å². The zero-order chi connectivity index (χ0) is 8.69. The maximum absolute atomic E-state index is 11.8. The average Bonchev–Trinajstić information content (AvgIpc) is 1.97. The van der Waals surface area contributed by atoms with Gasteiger partial charge in [0, 0.05) is 6.42 Å². The van der Waals surface area contributed by atoms with Gasteiger partial charge in [-0.1, -0.05) is 19.4 Å². The molecule has 0 rings (SSSR count). The van der Waals surface area contributed by atoms with Crippen LogP contribution in [0.3, 0.4) is 0 Å². The smallest absolute Gasteiger partial charge is 0.261 e. The molecule has 0 aliphatic rings. The molecule has 1 atom stereocenters. The summed E-state index contributed by atoms with van der Waals surface area (Å²) < 4.78 is 11.8. The molecule has 0 N–H and O–H groups in total. The molecule has 0 bridgehead atoms. The maximum atomic E-state index is 11.8. The van der Waals surface area contributed by atoms with Gasteiger partial charge >= 0.3 is 6.04 Å². The fourth-order valence-electron chi connectivity index (χ4n) is 1.04. The minimum absolute atomic E-state index is 0.0619. The topological polar surface area (TPSA) is 17.1 Å². The Morgan fingerprint density at radius 1 is 1.73 bits per heavy atom. The Balaban J connectivity index is 3.51. The summed E-state index contributed by atoms with van der Waals surface area (Å²) in [5, 5.41) is 0. The molecule has 0 amide bonds. The lowest BCUT2D eigenvalue weighted by Gasteiger charge is -2.09. The molecule has 0 aromatic heterocycles. The first-order chi connectivity index (χ1) is 5.20. The van der Waals surface area contributed by atoms with Crippen LogP contribution in [0.15, 0.2) is 12.7 Å². The van der Waals surface area contributed by atoms with Crippen LogP contribution >= 0.6 is 0 Å². The summed E-state index contributed by atoms with van der Waals surface area (Å²) in [6, 6.07) is -1.20. The van der Waals surface area contributed by atoms with E-state index in [-0.39, 0.29) is 6.42 Å². The minimum atomic E-state index is -1.20. The van der Waals surface area contributed by atoms with E-state index in [1.165, 1.54) is 0 Å². The summed E-state index contributed by atoms with van der Waals surface area (Å²) in [5.74, 6) is 0.423. The molecule has 2 heteroatoms. The molecule has 0 aromatic rings. The van der Waals surface area contributed by atoms with Gasteiger partial charge in [0.1, 0.15) is 0 Å². The zero-order valence-corrected chi connectivity index (χ0v) is 6.98. The lowest BCUT2D eigenvalue weighted by molar-refractivity contribution is -0.129. The van der Waals surface area contributed by atoms with E-state index >= 15 is 0 Å². The van der Waals surface area contributed by atoms with Gasteiger partial charge < -0.3 is 0 Å². The van der Waals surface area contributed by atoms with E-state index in [9.17, 15) is 9.18 Å². The molecule has 0 saturated heterocycles. The first kappa shape index (κ1) is 10.3. The third-order valence-corrected chi connectivity index (χ3v) is 1.83. The second-order valence-corrected chi connectivity index (χ2v) is 2.69. The molecule has 0 saturated carbocycles. The first-order valence-electron chi connectivity index (χ1n) is 4.00. The van der Waals surface area contributed by atoms with Crippen LogP contribution in [0.2, 0.25) is 0 Å². The number of halogens is 1. The summed E-state index contributed by atoms with van der Waals surface area (Å²) in [4.78, 5) is 9.98. The number of carbonyl (C=O) groups is 1. The normalized spacial score (nSPS) is 12.5. The Kier molecular flexibility index (Phi) is 5.71. The summed E-state index contributed by atoms with van der Waals surface area (Å²) in [7, 11) is 0. The molecular formula is C9H15FO. The van der Waals surface area contributed by atoms with E-state index in [1.54, 1.807) is 0 Å². The van der Waals surface area contributed by atoms with Crippen molar-refractivity contribution in [3.63, 3.8) is 0 Å². The molecule has 1 unspecified atom stereocenters. The molecule has 11 heavy (non-hydrogen) atoms. The van der Waals surface area contributed by atoms with Gasteiger partial charge in [0.25, 0.3) is 0 Å². The number of carbonyl (C=O) groups excluding carboxylic acids is 1. The summed E-state index contributed by atoms with van der Waals surface area (Å²) >= 11 is 0. The molecule has 64 valence electrons. The van der Waals surface area contributed by atoms with E-state index in [2.05, 4.69) is 6.58 Å². The van der Waals surface area contributed by atoms with Crippen molar-refractivity contribution in [2.24, 2.45) is 5.92 Å². The number of hydrogen-bond donors (Lipinski definition) is 0. The highest BCUT2D eigenvalue weighted by Gasteiger charge is 2.06. The van der Waals surface area contributed by atoms with Gasteiger partial charge in [-0.25, -0.2) is 0 Å². The third-order valence-electron chi connectivity index (χ3n) is 1.83. The summed E-state index contributed by atoms with van der Waals surface area (Å²) in [6.45, 7) is 5.64. The highest BCUT2D eigenvalue weighted by molar-refractivity contribution is 5.67. The van der Waals surface area contributed by atoms with Crippen LogP contribution < -0.4 is 0 Å². The lowest BCUT2D eigenvalue weighted by Crippen LogP contribution is -1.99. The molecule has 0 radical (unpaired) electrons.